The zero-order chi connectivity index (χ0) is 16.9. The van der Waals surface area contributed by atoms with E-state index in [9.17, 15) is 0 Å². The molecule has 128 valence electrons. The summed E-state index contributed by atoms with van der Waals surface area (Å²) in [5.41, 5.74) is 1.86. The van der Waals surface area contributed by atoms with E-state index in [2.05, 4.69) is 25.6 Å². The second-order valence-corrected chi connectivity index (χ2v) is 6.10. The van der Waals surface area contributed by atoms with Crippen LogP contribution in [-0.4, -0.2) is 34.2 Å². The maximum atomic E-state index is 5.69. The number of benzene rings is 1. The normalized spacial score (nSPS) is 16.9. The number of para-hydroxylation sites is 1. The van der Waals surface area contributed by atoms with E-state index >= 15 is 0 Å². The highest BCUT2D eigenvalue weighted by atomic mass is 16.5. The maximum Gasteiger partial charge on any atom is 0.225 e. The Hall–Kier alpha value is -2.73. The number of anilines is 2. The number of hydrogen-bond donors (Lipinski definition) is 2. The van der Waals surface area contributed by atoms with Crippen molar-refractivity contribution < 1.29 is 4.74 Å². The zero-order valence-electron chi connectivity index (χ0n) is 14.0. The van der Waals surface area contributed by atoms with Crippen LogP contribution >= 0.6 is 0 Å². The maximum absolute atomic E-state index is 5.69. The molecule has 1 atom stereocenters. The highest BCUT2D eigenvalue weighted by molar-refractivity contribution is 5.90. The summed E-state index contributed by atoms with van der Waals surface area (Å²) in [4.78, 5) is 13.6. The third-order valence-electron chi connectivity index (χ3n) is 4.28. The van der Waals surface area contributed by atoms with Crippen LogP contribution < -0.4 is 10.6 Å². The van der Waals surface area contributed by atoms with Crippen molar-refractivity contribution in [3.63, 3.8) is 0 Å². The van der Waals surface area contributed by atoms with Crippen LogP contribution in [0.4, 0.5) is 11.8 Å². The molecule has 0 bridgehead atoms. The van der Waals surface area contributed by atoms with Gasteiger partial charge in [0, 0.05) is 24.7 Å². The first-order valence-electron chi connectivity index (χ1n) is 8.64. The molecule has 1 aromatic carbocycles. The third-order valence-corrected chi connectivity index (χ3v) is 4.28. The van der Waals surface area contributed by atoms with Crippen LogP contribution in [0.3, 0.4) is 0 Å². The van der Waals surface area contributed by atoms with Gasteiger partial charge < -0.3 is 15.4 Å². The Morgan fingerprint density at radius 1 is 1.04 bits per heavy atom. The Kier molecular flexibility index (Phi) is 4.70. The standard InChI is InChI=1S/C19H21N5O/c1-2-9-17-16(8-1)18(21-13-15-7-5-11-25-15)24-19(23-17)22-12-14-6-3-4-10-20-14/h1-4,6,8-10,15H,5,7,11-13H2,(H2,21,22,23,24). The molecule has 0 saturated carbocycles. The Morgan fingerprint density at radius 2 is 1.96 bits per heavy atom. The highest BCUT2D eigenvalue weighted by Crippen LogP contribution is 2.23. The fourth-order valence-corrected chi connectivity index (χ4v) is 2.98. The van der Waals surface area contributed by atoms with Gasteiger partial charge in [-0.2, -0.15) is 4.98 Å². The summed E-state index contributed by atoms with van der Waals surface area (Å²) in [6, 6.07) is 13.9. The number of nitrogens with zero attached hydrogens (tertiary/aromatic N) is 3. The topological polar surface area (TPSA) is 72.0 Å². The average molecular weight is 335 g/mol. The van der Waals surface area contributed by atoms with Gasteiger partial charge in [0.25, 0.3) is 0 Å². The van der Waals surface area contributed by atoms with E-state index in [1.54, 1.807) is 6.20 Å². The van der Waals surface area contributed by atoms with Crippen molar-refractivity contribution in [3.8, 4) is 0 Å². The van der Waals surface area contributed by atoms with Gasteiger partial charge in [-0.25, -0.2) is 4.98 Å². The van der Waals surface area contributed by atoms with Gasteiger partial charge in [-0.15, -0.1) is 0 Å². The fraction of sp³-hybridized carbons (Fsp3) is 0.316. The lowest BCUT2D eigenvalue weighted by molar-refractivity contribution is 0.120. The van der Waals surface area contributed by atoms with Crippen molar-refractivity contribution in [1.82, 2.24) is 15.0 Å². The van der Waals surface area contributed by atoms with Crippen LogP contribution in [-0.2, 0) is 11.3 Å². The molecule has 6 nitrogen and oxygen atoms in total. The molecule has 0 radical (unpaired) electrons. The van der Waals surface area contributed by atoms with Crippen LogP contribution in [0.5, 0.6) is 0 Å². The van der Waals surface area contributed by atoms with Crippen LogP contribution in [0.15, 0.2) is 48.7 Å². The molecule has 6 heteroatoms. The summed E-state index contributed by atoms with van der Waals surface area (Å²) < 4.78 is 5.69. The molecule has 4 rings (SSSR count). The van der Waals surface area contributed by atoms with Crippen LogP contribution in [0.2, 0.25) is 0 Å². The van der Waals surface area contributed by atoms with Crippen molar-refractivity contribution in [2.45, 2.75) is 25.5 Å². The smallest absolute Gasteiger partial charge is 0.225 e. The van der Waals surface area contributed by atoms with Gasteiger partial charge in [-0.05, 0) is 37.1 Å². The lowest BCUT2D eigenvalue weighted by Gasteiger charge is -2.14. The number of pyridine rings is 1. The van der Waals surface area contributed by atoms with Crippen molar-refractivity contribution in [3.05, 3.63) is 54.4 Å². The highest BCUT2D eigenvalue weighted by Gasteiger charge is 2.16. The van der Waals surface area contributed by atoms with E-state index in [0.717, 1.165) is 48.4 Å². The Labute approximate surface area is 146 Å². The van der Waals surface area contributed by atoms with Gasteiger partial charge in [0.1, 0.15) is 5.82 Å². The fourth-order valence-electron chi connectivity index (χ4n) is 2.98. The van der Waals surface area contributed by atoms with E-state index in [-0.39, 0.29) is 6.10 Å². The quantitative estimate of drug-likeness (QED) is 0.721. The predicted molar refractivity (Wildman–Crippen MR) is 98.6 cm³/mol. The van der Waals surface area contributed by atoms with Gasteiger partial charge in [-0.3, -0.25) is 4.98 Å². The minimum Gasteiger partial charge on any atom is -0.376 e. The van der Waals surface area contributed by atoms with E-state index in [1.165, 1.54) is 0 Å². The van der Waals surface area contributed by atoms with E-state index in [1.807, 2.05) is 42.5 Å². The number of nitrogens with one attached hydrogen (secondary N) is 2. The van der Waals surface area contributed by atoms with E-state index in [0.29, 0.717) is 12.5 Å². The molecule has 1 saturated heterocycles. The largest absolute Gasteiger partial charge is 0.376 e. The number of fused-ring (bicyclic) bond motifs is 1. The SMILES string of the molecule is c1ccc(CNc2nc(NCC3CCCO3)c3ccccc3n2)nc1. The molecule has 1 aliphatic rings. The van der Waals surface area contributed by atoms with Crippen LogP contribution in [0, 0.1) is 0 Å². The molecule has 0 amide bonds. The molecule has 0 aliphatic carbocycles. The first-order chi connectivity index (χ1) is 12.4. The molecule has 25 heavy (non-hydrogen) atoms. The number of aromatic nitrogens is 3. The molecular weight excluding hydrogens is 314 g/mol. The van der Waals surface area contributed by atoms with Gasteiger partial charge in [0.15, 0.2) is 0 Å². The van der Waals surface area contributed by atoms with Gasteiger partial charge in [0.05, 0.1) is 23.9 Å². The Balaban J connectivity index is 1.54. The van der Waals surface area contributed by atoms with Crippen molar-refractivity contribution in [2.75, 3.05) is 23.8 Å². The molecule has 0 spiro atoms. The number of hydrogen-bond acceptors (Lipinski definition) is 6. The first-order valence-corrected chi connectivity index (χ1v) is 8.64. The van der Waals surface area contributed by atoms with Gasteiger partial charge >= 0.3 is 0 Å². The summed E-state index contributed by atoms with van der Waals surface area (Å²) in [5.74, 6) is 1.43. The molecule has 1 aliphatic heterocycles. The van der Waals surface area contributed by atoms with Gasteiger partial charge in [-0.1, -0.05) is 18.2 Å². The third kappa shape index (κ3) is 3.85. The molecule has 2 aromatic heterocycles. The average Bonchev–Trinajstić information content (AvgIpc) is 3.19. The predicted octanol–water partition coefficient (Wildman–Crippen LogP) is 3.23. The molecule has 2 N–H and O–H groups in total. The lowest BCUT2D eigenvalue weighted by Crippen LogP contribution is -2.19. The lowest BCUT2D eigenvalue weighted by atomic mass is 10.2. The van der Waals surface area contributed by atoms with E-state index in [4.69, 9.17) is 4.74 Å². The van der Waals surface area contributed by atoms with Crippen molar-refractivity contribution >= 4 is 22.7 Å². The molecule has 1 fully saturated rings. The Bertz CT molecular complexity index is 834. The number of ether oxygens (including phenoxy) is 1. The summed E-state index contributed by atoms with van der Waals surface area (Å²) in [7, 11) is 0. The summed E-state index contributed by atoms with van der Waals surface area (Å²) in [6.07, 6.45) is 4.28. The summed E-state index contributed by atoms with van der Waals surface area (Å²) in [5, 5.41) is 7.72. The second kappa shape index (κ2) is 7.44. The zero-order valence-corrected chi connectivity index (χ0v) is 14.0. The molecule has 3 heterocycles. The van der Waals surface area contributed by atoms with Gasteiger partial charge in [0.2, 0.25) is 5.95 Å². The molecule has 1 unspecified atom stereocenters. The summed E-state index contributed by atoms with van der Waals surface area (Å²) in [6.45, 7) is 2.21. The minimum absolute atomic E-state index is 0.263. The Morgan fingerprint density at radius 3 is 2.80 bits per heavy atom. The molecular formula is C19H21N5O. The second-order valence-electron chi connectivity index (χ2n) is 6.10. The minimum atomic E-state index is 0.263. The molecule has 3 aromatic rings. The van der Waals surface area contributed by atoms with E-state index < -0.39 is 0 Å². The van der Waals surface area contributed by atoms with Crippen LogP contribution in [0.1, 0.15) is 18.5 Å². The van der Waals surface area contributed by atoms with Crippen LogP contribution in [0.25, 0.3) is 10.9 Å². The first kappa shape index (κ1) is 15.8. The van der Waals surface area contributed by atoms with Crippen molar-refractivity contribution in [1.29, 1.82) is 0 Å². The summed E-state index contributed by atoms with van der Waals surface area (Å²) >= 11 is 0. The van der Waals surface area contributed by atoms with Crippen molar-refractivity contribution in [2.24, 2.45) is 0 Å². The monoisotopic (exact) mass is 335 g/mol. The number of rotatable bonds is 6.